The Labute approximate surface area is 99.8 Å². The molecule has 1 atom stereocenters. The monoisotopic (exact) mass is 271 g/mol. The SMILES string of the molecule is Nc1ccc2c(c1)OC(F)(Cl)C(Cl)(Cl)O2. The molecule has 82 valence electrons. The molecule has 1 aromatic rings. The third kappa shape index (κ3) is 1.77. The van der Waals surface area contributed by atoms with Gasteiger partial charge in [0.2, 0.25) is 0 Å². The summed E-state index contributed by atoms with van der Waals surface area (Å²) in [7, 11) is 0. The highest BCUT2D eigenvalue weighted by Gasteiger charge is 2.58. The van der Waals surface area contributed by atoms with Gasteiger partial charge in [0.1, 0.15) is 0 Å². The smallest absolute Gasteiger partial charge is 0.397 e. The molecule has 1 aliphatic heterocycles. The van der Waals surface area contributed by atoms with Crippen molar-refractivity contribution in [2.75, 3.05) is 5.73 Å². The van der Waals surface area contributed by atoms with Crippen LogP contribution in [0, 0.1) is 0 Å². The molecule has 0 spiro atoms. The summed E-state index contributed by atoms with van der Waals surface area (Å²) < 4.78 is 20.9. The molecule has 0 radical (unpaired) electrons. The Morgan fingerprint density at radius 2 is 1.80 bits per heavy atom. The number of nitrogens with two attached hydrogens (primary N) is 1. The van der Waals surface area contributed by atoms with E-state index in [2.05, 4.69) is 0 Å². The lowest BCUT2D eigenvalue weighted by atomic mass is 10.2. The first-order valence-corrected chi connectivity index (χ1v) is 4.98. The first kappa shape index (κ1) is 10.9. The van der Waals surface area contributed by atoms with E-state index in [4.69, 9.17) is 50.0 Å². The van der Waals surface area contributed by atoms with Crippen LogP contribution in [0.1, 0.15) is 0 Å². The minimum absolute atomic E-state index is 0.0458. The molecule has 1 unspecified atom stereocenters. The fourth-order valence-corrected chi connectivity index (χ4v) is 1.45. The molecule has 1 aliphatic rings. The van der Waals surface area contributed by atoms with Crippen LogP contribution in [0.15, 0.2) is 18.2 Å². The van der Waals surface area contributed by atoms with Gasteiger partial charge in [-0.15, -0.1) is 0 Å². The van der Waals surface area contributed by atoms with Gasteiger partial charge in [0.15, 0.2) is 11.5 Å². The molecule has 7 heteroatoms. The Hall–Kier alpha value is -0.580. The van der Waals surface area contributed by atoms with Gasteiger partial charge >= 0.3 is 9.83 Å². The van der Waals surface area contributed by atoms with Crippen LogP contribution >= 0.6 is 34.8 Å². The number of rotatable bonds is 0. The number of hydrogen-bond donors (Lipinski definition) is 1. The molecular formula is C8H5Cl3FNO2. The van der Waals surface area contributed by atoms with Crippen LogP contribution in [-0.4, -0.2) is 9.83 Å². The number of hydrogen-bond acceptors (Lipinski definition) is 3. The van der Waals surface area contributed by atoms with E-state index in [1.54, 1.807) is 0 Å². The Kier molecular flexibility index (Phi) is 2.33. The minimum Gasteiger partial charge on any atom is -0.447 e. The van der Waals surface area contributed by atoms with Crippen LogP contribution in [0.3, 0.4) is 0 Å². The van der Waals surface area contributed by atoms with E-state index >= 15 is 0 Å². The fraction of sp³-hybridized carbons (Fsp3) is 0.250. The first-order valence-electron chi connectivity index (χ1n) is 3.85. The van der Waals surface area contributed by atoms with Crippen molar-refractivity contribution in [1.82, 2.24) is 0 Å². The minimum atomic E-state index is -2.86. The number of benzene rings is 1. The summed E-state index contributed by atoms with van der Waals surface area (Å²) in [5.74, 6) is 0.215. The van der Waals surface area contributed by atoms with Crippen molar-refractivity contribution in [3.05, 3.63) is 18.2 Å². The molecule has 0 amide bonds. The summed E-state index contributed by atoms with van der Waals surface area (Å²) in [6.07, 6.45) is 0. The van der Waals surface area contributed by atoms with E-state index in [9.17, 15) is 4.39 Å². The molecule has 2 rings (SSSR count). The zero-order chi connectivity index (χ0) is 11.3. The normalized spacial score (nSPS) is 27.5. The maximum absolute atomic E-state index is 13.6. The van der Waals surface area contributed by atoms with Crippen molar-refractivity contribution in [2.45, 2.75) is 9.83 Å². The highest BCUT2D eigenvalue weighted by atomic mass is 35.5. The van der Waals surface area contributed by atoms with Gasteiger partial charge in [-0.3, -0.25) is 0 Å². The standard InChI is InChI=1S/C8H5Cl3FNO2/c9-7(10)8(11,12)15-6-3-4(13)1-2-5(6)14-7/h1-3H,13H2. The third-order valence-corrected chi connectivity index (χ3v) is 2.96. The van der Waals surface area contributed by atoms with Crippen molar-refractivity contribution in [3.8, 4) is 11.5 Å². The highest BCUT2D eigenvalue weighted by molar-refractivity contribution is 6.52. The molecule has 1 heterocycles. The molecule has 0 saturated carbocycles. The van der Waals surface area contributed by atoms with Gasteiger partial charge in [-0.2, -0.15) is 4.39 Å². The van der Waals surface area contributed by atoms with Gasteiger partial charge in [-0.1, -0.05) is 0 Å². The van der Waals surface area contributed by atoms with Crippen LogP contribution < -0.4 is 15.2 Å². The average Bonchev–Trinajstić information content (AvgIpc) is 2.07. The molecule has 3 nitrogen and oxygen atoms in total. The summed E-state index contributed by atoms with van der Waals surface area (Å²) in [5, 5.41) is -2.86. The number of ether oxygens (including phenoxy) is 2. The third-order valence-electron chi connectivity index (χ3n) is 1.78. The maximum Gasteiger partial charge on any atom is 0.397 e. The molecule has 0 saturated heterocycles. The second-order valence-corrected chi connectivity index (χ2v) is 4.69. The Balaban J connectivity index is 2.47. The molecule has 0 aromatic heterocycles. The van der Waals surface area contributed by atoms with Crippen molar-refractivity contribution >= 4 is 40.5 Å². The fourth-order valence-electron chi connectivity index (χ4n) is 1.08. The molecule has 15 heavy (non-hydrogen) atoms. The van der Waals surface area contributed by atoms with Gasteiger partial charge < -0.3 is 15.2 Å². The van der Waals surface area contributed by atoms with Crippen LogP contribution in [0.4, 0.5) is 10.1 Å². The van der Waals surface area contributed by atoms with Gasteiger partial charge in [0, 0.05) is 11.8 Å². The Bertz CT molecular complexity index is 411. The van der Waals surface area contributed by atoms with Crippen molar-refractivity contribution < 1.29 is 13.9 Å². The zero-order valence-corrected chi connectivity index (χ0v) is 9.41. The molecular weight excluding hydrogens is 267 g/mol. The van der Waals surface area contributed by atoms with Crippen LogP contribution in [0.2, 0.25) is 0 Å². The number of alkyl halides is 4. The summed E-state index contributed by atoms with van der Waals surface area (Å²) in [6, 6.07) is 4.34. The van der Waals surface area contributed by atoms with E-state index in [0.29, 0.717) is 5.69 Å². The molecule has 0 bridgehead atoms. The van der Waals surface area contributed by atoms with E-state index in [1.807, 2.05) is 0 Å². The van der Waals surface area contributed by atoms with E-state index in [1.165, 1.54) is 18.2 Å². The summed E-state index contributed by atoms with van der Waals surface area (Å²) in [6.45, 7) is 0. The Morgan fingerprint density at radius 1 is 1.13 bits per heavy atom. The zero-order valence-electron chi connectivity index (χ0n) is 7.14. The number of nitrogen functional groups attached to an aromatic ring is 1. The lowest BCUT2D eigenvalue weighted by Gasteiger charge is -2.36. The van der Waals surface area contributed by atoms with Gasteiger partial charge in [0.05, 0.1) is 0 Å². The first-order chi connectivity index (χ1) is 6.82. The largest absolute Gasteiger partial charge is 0.447 e. The van der Waals surface area contributed by atoms with Crippen LogP contribution in [-0.2, 0) is 0 Å². The lowest BCUT2D eigenvalue weighted by Crippen LogP contribution is -2.49. The molecule has 0 fully saturated rings. The Morgan fingerprint density at radius 3 is 2.47 bits per heavy atom. The van der Waals surface area contributed by atoms with Gasteiger partial charge in [0.25, 0.3) is 0 Å². The van der Waals surface area contributed by atoms with Gasteiger partial charge in [-0.05, 0) is 46.9 Å². The molecule has 1 aromatic carbocycles. The van der Waals surface area contributed by atoms with Crippen LogP contribution in [0.25, 0.3) is 0 Å². The van der Waals surface area contributed by atoms with Crippen molar-refractivity contribution in [2.24, 2.45) is 0 Å². The second kappa shape index (κ2) is 3.20. The molecule has 0 aliphatic carbocycles. The number of halogens is 4. The average molecular weight is 272 g/mol. The summed E-state index contributed by atoms with van der Waals surface area (Å²) in [4.78, 5) is 0. The topological polar surface area (TPSA) is 44.5 Å². The predicted octanol–water partition coefficient (Wildman–Crippen LogP) is 3.03. The number of anilines is 1. The maximum atomic E-state index is 13.6. The van der Waals surface area contributed by atoms with E-state index in [0.717, 1.165) is 0 Å². The summed E-state index contributed by atoms with van der Waals surface area (Å²) >= 11 is 16.3. The molecule has 2 N–H and O–H groups in total. The van der Waals surface area contributed by atoms with Gasteiger partial charge in [-0.25, -0.2) is 0 Å². The number of fused-ring (bicyclic) bond motifs is 1. The summed E-state index contributed by atoms with van der Waals surface area (Å²) in [5.41, 5.74) is 5.85. The predicted molar refractivity (Wildman–Crippen MR) is 56.2 cm³/mol. The van der Waals surface area contributed by atoms with E-state index in [-0.39, 0.29) is 11.5 Å². The highest BCUT2D eigenvalue weighted by Crippen LogP contribution is 2.50. The lowest BCUT2D eigenvalue weighted by molar-refractivity contribution is -0.0802. The van der Waals surface area contributed by atoms with E-state index < -0.39 is 9.83 Å². The quantitative estimate of drug-likeness (QED) is 0.583. The van der Waals surface area contributed by atoms with Crippen molar-refractivity contribution in [1.29, 1.82) is 0 Å². The van der Waals surface area contributed by atoms with Crippen LogP contribution in [0.5, 0.6) is 11.5 Å². The van der Waals surface area contributed by atoms with Crippen molar-refractivity contribution in [3.63, 3.8) is 0 Å². The second-order valence-electron chi connectivity index (χ2n) is 2.94.